The van der Waals surface area contributed by atoms with Crippen molar-refractivity contribution in [1.29, 1.82) is 0 Å². The average Bonchev–Trinajstić information content (AvgIpc) is 3.23. The molecule has 32 heavy (non-hydrogen) atoms. The molecule has 0 spiro atoms. The number of thiophene rings is 1. The smallest absolute Gasteiger partial charge is 0.341 e. The fourth-order valence-corrected chi connectivity index (χ4v) is 4.34. The van der Waals surface area contributed by atoms with E-state index in [1.165, 1.54) is 17.5 Å². The molecule has 0 aliphatic heterocycles. The van der Waals surface area contributed by atoms with Gasteiger partial charge >= 0.3 is 5.97 Å². The second-order valence-corrected chi connectivity index (χ2v) is 8.24. The molecule has 4 aromatic rings. The van der Waals surface area contributed by atoms with E-state index in [1.807, 2.05) is 53.9 Å². The zero-order chi connectivity index (χ0) is 22.5. The van der Waals surface area contributed by atoms with E-state index in [9.17, 15) is 4.79 Å². The van der Waals surface area contributed by atoms with Crippen molar-refractivity contribution in [3.05, 3.63) is 81.8 Å². The maximum atomic E-state index is 12.2. The van der Waals surface area contributed by atoms with Crippen LogP contribution in [0.5, 0.6) is 11.5 Å². The van der Waals surface area contributed by atoms with Gasteiger partial charge in [-0.25, -0.2) is 9.78 Å². The maximum absolute atomic E-state index is 12.2. The lowest BCUT2D eigenvalue weighted by Gasteiger charge is -2.10. The van der Waals surface area contributed by atoms with E-state index in [4.69, 9.17) is 31.5 Å². The Hall–Kier alpha value is -3.29. The quantitative estimate of drug-likeness (QED) is 0.326. The number of anilines is 1. The number of carbonyl (C=O) groups excluding carboxylic acids is 1. The van der Waals surface area contributed by atoms with Gasteiger partial charge in [0.2, 0.25) is 0 Å². The lowest BCUT2D eigenvalue weighted by molar-refractivity contribution is 0.0528. The molecule has 6 nitrogen and oxygen atoms in total. The number of ether oxygens (including phenoxy) is 3. The summed E-state index contributed by atoms with van der Waals surface area (Å²) in [6.45, 7) is 2.76. The highest BCUT2D eigenvalue weighted by Crippen LogP contribution is 2.33. The van der Waals surface area contributed by atoms with Crippen molar-refractivity contribution in [3.63, 3.8) is 0 Å². The van der Waals surface area contributed by atoms with Gasteiger partial charge in [0.1, 0.15) is 30.5 Å². The molecule has 0 unspecified atom stereocenters. The number of benzene rings is 2. The van der Waals surface area contributed by atoms with E-state index in [-0.39, 0.29) is 6.61 Å². The molecule has 0 fully saturated rings. The number of carbonyl (C=O) groups is 1. The molecule has 0 aliphatic carbocycles. The Labute approximate surface area is 194 Å². The van der Waals surface area contributed by atoms with Gasteiger partial charge in [-0.2, -0.15) is 0 Å². The van der Waals surface area contributed by atoms with Crippen LogP contribution in [0.2, 0.25) is 5.02 Å². The van der Waals surface area contributed by atoms with Crippen LogP contribution >= 0.6 is 22.9 Å². The summed E-state index contributed by atoms with van der Waals surface area (Å²) in [6, 6.07) is 14.9. The topological polar surface area (TPSA) is 83.7 Å². The first-order valence-electron chi connectivity index (χ1n) is 9.97. The van der Waals surface area contributed by atoms with Gasteiger partial charge in [-0.1, -0.05) is 29.8 Å². The van der Waals surface area contributed by atoms with Crippen LogP contribution in [0.3, 0.4) is 0 Å². The SMILES string of the molecule is CCOC(=O)c1cnc(N)c2c(COc3cccc(OCc4ccc(Cl)cc4)c3)csc12. The van der Waals surface area contributed by atoms with Crippen molar-refractivity contribution >= 4 is 44.8 Å². The van der Waals surface area contributed by atoms with Crippen molar-refractivity contribution in [1.82, 2.24) is 4.98 Å². The Morgan fingerprint density at radius 3 is 2.53 bits per heavy atom. The molecule has 8 heteroatoms. The van der Waals surface area contributed by atoms with Gasteiger partial charge in [0.25, 0.3) is 0 Å². The molecule has 0 radical (unpaired) electrons. The number of halogens is 1. The number of nitrogens with zero attached hydrogens (tertiary/aromatic N) is 1. The number of aromatic nitrogens is 1. The van der Waals surface area contributed by atoms with E-state index < -0.39 is 5.97 Å². The highest BCUT2D eigenvalue weighted by molar-refractivity contribution is 7.17. The first kappa shape index (κ1) is 21.9. The summed E-state index contributed by atoms with van der Waals surface area (Å²) in [6.07, 6.45) is 1.46. The van der Waals surface area contributed by atoms with Gasteiger partial charge in [-0.15, -0.1) is 11.3 Å². The molecule has 0 amide bonds. The first-order chi connectivity index (χ1) is 15.5. The molecule has 0 aliphatic rings. The Kier molecular flexibility index (Phi) is 6.78. The zero-order valence-corrected chi connectivity index (χ0v) is 18.9. The highest BCUT2D eigenvalue weighted by Gasteiger charge is 2.18. The summed E-state index contributed by atoms with van der Waals surface area (Å²) in [5, 5.41) is 3.33. The first-order valence-corrected chi connectivity index (χ1v) is 11.2. The summed E-state index contributed by atoms with van der Waals surface area (Å²) >= 11 is 7.34. The fraction of sp³-hybridized carbons (Fsp3) is 0.167. The number of pyridine rings is 1. The van der Waals surface area contributed by atoms with Gasteiger partial charge < -0.3 is 19.9 Å². The van der Waals surface area contributed by atoms with Crippen molar-refractivity contribution in [2.24, 2.45) is 0 Å². The van der Waals surface area contributed by atoms with E-state index in [0.717, 1.165) is 21.2 Å². The minimum Gasteiger partial charge on any atom is -0.489 e. The number of rotatable bonds is 8. The Morgan fingerprint density at radius 1 is 1.09 bits per heavy atom. The van der Waals surface area contributed by atoms with Crippen molar-refractivity contribution in [2.45, 2.75) is 20.1 Å². The van der Waals surface area contributed by atoms with Gasteiger partial charge in [0.15, 0.2) is 0 Å². The normalized spacial score (nSPS) is 10.8. The van der Waals surface area contributed by atoms with Gasteiger partial charge in [0.05, 0.1) is 16.9 Å². The lowest BCUT2D eigenvalue weighted by atomic mass is 10.1. The summed E-state index contributed by atoms with van der Waals surface area (Å²) < 4.78 is 17.7. The van der Waals surface area contributed by atoms with E-state index in [0.29, 0.717) is 41.1 Å². The molecule has 2 N–H and O–H groups in total. The van der Waals surface area contributed by atoms with Crippen molar-refractivity contribution in [2.75, 3.05) is 12.3 Å². The largest absolute Gasteiger partial charge is 0.489 e. The molecule has 2 heterocycles. The van der Waals surface area contributed by atoms with Crippen molar-refractivity contribution in [3.8, 4) is 11.5 Å². The molecular formula is C24H21ClN2O4S. The monoisotopic (exact) mass is 468 g/mol. The number of esters is 1. The van der Waals surface area contributed by atoms with Crippen LogP contribution in [-0.2, 0) is 18.0 Å². The molecule has 4 rings (SSSR count). The number of hydrogen-bond acceptors (Lipinski definition) is 7. The number of nitrogens with two attached hydrogens (primary N) is 1. The molecule has 164 valence electrons. The third kappa shape index (κ3) is 4.95. The van der Waals surface area contributed by atoms with Crippen LogP contribution in [0.4, 0.5) is 5.82 Å². The summed E-state index contributed by atoms with van der Waals surface area (Å²) in [4.78, 5) is 16.4. The van der Waals surface area contributed by atoms with Crippen LogP contribution in [0.25, 0.3) is 10.1 Å². The van der Waals surface area contributed by atoms with Gasteiger partial charge in [0, 0.05) is 28.2 Å². The number of fused-ring (bicyclic) bond motifs is 1. The molecule has 0 atom stereocenters. The third-order valence-electron chi connectivity index (χ3n) is 4.71. The average molecular weight is 469 g/mol. The predicted octanol–water partition coefficient (Wildman–Crippen LogP) is 5.87. The molecule has 2 aromatic heterocycles. The third-order valence-corrected chi connectivity index (χ3v) is 6.03. The van der Waals surface area contributed by atoms with Gasteiger partial charge in [-0.3, -0.25) is 0 Å². The van der Waals surface area contributed by atoms with E-state index in [1.54, 1.807) is 6.92 Å². The predicted molar refractivity (Wildman–Crippen MR) is 127 cm³/mol. The highest BCUT2D eigenvalue weighted by atomic mass is 35.5. The lowest BCUT2D eigenvalue weighted by Crippen LogP contribution is -2.06. The molecular weight excluding hydrogens is 448 g/mol. The Bertz CT molecular complexity index is 1240. The molecule has 0 saturated heterocycles. The molecule has 0 saturated carbocycles. The second-order valence-electron chi connectivity index (χ2n) is 6.92. The van der Waals surface area contributed by atoms with Crippen LogP contribution in [0.15, 0.2) is 60.1 Å². The minimum absolute atomic E-state index is 0.277. The Balaban J connectivity index is 1.46. The Morgan fingerprint density at radius 2 is 1.81 bits per heavy atom. The summed E-state index contributed by atoms with van der Waals surface area (Å²) in [5.41, 5.74) is 8.38. The van der Waals surface area contributed by atoms with Crippen LogP contribution in [0, 0.1) is 0 Å². The van der Waals surface area contributed by atoms with Crippen LogP contribution < -0.4 is 15.2 Å². The maximum Gasteiger partial charge on any atom is 0.341 e. The minimum atomic E-state index is -0.412. The van der Waals surface area contributed by atoms with Crippen LogP contribution in [0.1, 0.15) is 28.4 Å². The molecule has 0 bridgehead atoms. The number of hydrogen-bond donors (Lipinski definition) is 1. The molecule has 2 aromatic carbocycles. The standard InChI is InChI=1S/C24H21ClN2O4S/c1-2-29-24(28)20-11-27-23(26)21-16(14-32-22(20)21)13-31-19-5-3-4-18(10-19)30-12-15-6-8-17(25)9-7-15/h3-11,14H,2,12-13H2,1H3,(H2,26,27). The summed E-state index contributed by atoms with van der Waals surface area (Å²) in [7, 11) is 0. The zero-order valence-electron chi connectivity index (χ0n) is 17.3. The second kappa shape index (κ2) is 9.89. The van der Waals surface area contributed by atoms with Crippen molar-refractivity contribution < 1.29 is 19.0 Å². The fourth-order valence-electron chi connectivity index (χ4n) is 3.15. The van der Waals surface area contributed by atoms with E-state index in [2.05, 4.69) is 4.98 Å². The van der Waals surface area contributed by atoms with Gasteiger partial charge in [-0.05, 0) is 42.1 Å². The number of nitrogen functional groups attached to an aromatic ring is 1. The van der Waals surface area contributed by atoms with E-state index >= 15 is 0 Å². The summed E-state index contributed by atoms with van der Waals surface area (Å²) in [5.74, 6) is 1.29. The van der Waals surface area contributed by atoms with Crippen LogP contribution in [-0.4, -0.2) is 17.6 Å².